The quantitative estimate of drug-likeness (QED) is 0.308. The molecule has 2 heterocycles. The van der Waals surface area contributed by atoms with E-state index < -0.39 is 23.2 Å². The van der Waals surface area contributed by atoms with Gasteiger partial charge in [0.25, 0.3) is 0 Å². The summed E-state index contributed by atoms with van der Waals surface area (Å²) in [5, 5.41) is 13.1. The fourth-order valence-electron chi connectivity index (χ4n) is 7.39. The Labute approximate surface area is 263 Å². The Bertz CT molecular complexity index is 1520. The Kier molecular flexibility index (Phi) is 8.33. The number of nitrogens with zero attached hydrogens (tertiary/aromatic N) is 3. The molecule has 2 aliphatic carbocycles. The van der Waals surface area contributed by atoms with Crippen molar-refractivity contribution in [3.05, 3.63) is 77.2 Å². The minimum atomic E-state index is -1.20. The Morgan fingerprint density at radius 2 is 1.67 bits per heavy atom. The van der Waals surface area contributed by atoms with Crippen LogP contribution in [0.15, 0.2) is 59.1 Å². The van der Waals surface area contributed by atoms with Crippen molar-refractivity contribution < 1.29 is 33.5 Å². The summed E-state index contributed by atoms with van der Waals surface area (Å²) >= 11 is 0. The highest BCUT2D eigenvalue weighted by Crippen LogP contribution is 2.45. The summed E-state index contributed by atoms with van der Waals surface area (Å²) in [6.07, 6.45) is 4.98. The van der Waals surface area contributed by atoms with E-state index in [4.69, 9.17) is 14.0 Å². The summed E-state index contributed by atoms with van der Waals surface area (Å²) < 4.78 is 17.3. The van der Waals surface area contributed by atoms with Gasteiger partial charge in [-0.1, -0.05) is 73.0 Å². The fourth-order valence-corrected chi connectivity index (χ4v) is 7.39. The third-order valence-corrected chi connectivity index (χ3v) is 9.39. The average molecular weight is 616 g/mol. The van der Waals surface area contributed by atoms with Crippen molar-refractivity contribution >= 4 is 18.2 Å². The minimum absolute atomic E-state index is 0.00411. The first-order valence-corrected chi connectivity index (χ1v) is 15.9. The predicted molar refractivity (Wildman–Crippen MR) is 166 cm³/mol. The summed E-state index contributed by atoms with van der Waals surface area (Å²) in [4.78, 5) is 42.5. The number of benzene rings is 2. The molecule has 1 aromatic heterocycles. The van der Waals surface area contributed by atoms with Crippen LogP contribution in [0.1, 0.15) is 99.0 Å². The number of amides is 2. The van der Waals surface area contributed by atoms with Gasteiger partial charge in [-0.2, -0.15) is 0 Å². The molecule has 3 aromatic rings. The number of ether oxygens (including phenoxy) is 2. The van der Waals surface area contributed by atoms with Crippen LogP contribution in [0.25, 0.3) is 11.1 Å². The lowest BCUT2D eigenvalue weighted by molar-refractivity contribution is -0.0466. The van der Waals surface area contributed by atoms with Crippen LogP contribution in [-0.2, 0) is 16.0 Å². The zero-order chi connectivity index (χ0) is 31.8. The SMILES string of the molecule is CC(C)(C)OC(=O)N1CCC(N(Cc2cc(C(=O)O)no2)C(=O)OCC2c3ccccc3-c3ccccc32)CC12CCCCC2. The second-order valence-electron chi connectivity index (χ2n) is 13.5. The standard InChI is InChI=1S/C35H41N3O7/c1-34(2,3)44-33(42)38-18-15-23(20-35(38)16-9-4-10-17-35)37(21-24-19-30(31(39)40)36-45-24)32(41)43-22-29-27-13-7-5-11-25(27)26-12-6-8-14-28(26)29/h5-8,11-14,19,23,29H,4,9-10,15-18,20-22H2,1-3H3,(H,39,40). The van der Waals surface area contributed by atoms with Crippen molar-refractivity contribution in [2.75, 3.05) is 13.2 Å². The van der Waals surface area contributed by atoms with Crippen molar-refractivity contribution in [1.29, 1.82) is 0 Å². The predicted octanol–water partition coefficient (Wildman–Crippen LogP) is 7.23. The van der Waals surface area contributed by atoms with E-state index in [1.54, 1.807) is 4.90 Å². The highest BCUT2D eigenvalue weighted by molar-refractivity contribution is 5.85. The van der Waals surface area contributed by atoms with Gasteiger partial charge in [-0.25, -0.2) is 14.4 Å². The zero-order valence-corrected chi connectivity index (χ0v) is 26.2. The molecule has 0 radical (unpaired) electrons. The number of carboxylic acids is 1. The number of fused-ring (bicyclic) bond motifs is 3. The van der Waals surface area contributed by atoms with Crippen molar-refractivity contribution in [3.63, 3.8) is 0 Å². The van der Waals surface area contributed by atoms with Gasteiger partial charge < -0.3 is 24.0 Å². The summed E-state index contributed by atoms with van der Waals surface area (Å²) in [6, 6.07) is 17.4. The molecule has 45 heavy (non-hydrogen) atoms. The highest BCUT2D eigenvalue weighted by atomic mass is 16.6. The molecule has 238 valence electrons. The molecule has 10 nitrogen and oxygen atoms in total. The number of carbonyl (C=O) groups is 3. The molecule has 2 amide bonds. The number of piperidine rings is 1. The van der Waals surface area contributed by atoms with Crippen LogP contribution in [0.3, 0.4) is 0 Å². The van der Waals surface area contributed by atoms with Gasteiger partial charge >= 0.3 is 18.2 Å². The van der Waals surface area contributed by atoms with Crippen LogP contribution in [0.4, 0.5) is 9.59 Å². The third kappa shape index (κ3) is 6.28. The van der Waals surface area contributed by atoms with Crippen LogP contribution < -0.4 is 0 Å². The molecule has 1 saturated heterocycles. The Hall–Kier alpha value is -4.34. The number of likely N-dealkylation sites (tertiary alicyclic amines) is 1. The van der Waals surface area contributed by atoms with Gasteiger partial charge in [0, 0.05) is 30.1 Å². The number of carboxylic acid groups (broad SMARTS) is 1. The fraction of sp³-hybridized carbons (Fsp3) is 0.486. The van der Waals surface area contributed by atoms with Crippen LogP contribution in [0.2, 0.25) is 0 Å². The maximum Gasteiger partial charge on any atom is 0.410 e. The van der Waals surface area contributed by atoms with Crippen molar-refractivity contribution in [2.45, 2.75) is 95.4 Å². The van der Waals surface area contributed by atoms with Crippen molar-refractivity contribution in [1.82, 2.24) is 15.0 Å². The first-order valence-electron chi connectivity index (χ1n) is 15.9. The van der Waals surface area contributed by atoms with Gasteiger partial charge in [0.2, 0.25) is 0 Å². The highest BCUT2D eigenvalue weighted by Gasteiger charge is 2.48. The maximum atomic E-state index is 14.1. The smallest absolute Gasteiger partial charge is 0.410 e. The summed E-state index contributed by atoms with van der Waals surface area (Å²) in [7, 11) is 0. The summed E-state index contributed by atoms with van der Waals surface area (Å²) in [6.45, 7) is 6.20. The summed E-state index contributed by atoms with van der Waals surface area (Å²) in [5.74, 6) is -1.05. The number of aromatic carboxylic acids is 1. The van der Waals surface area contributed by atoms with E-state index in [1.165, 1.54) is 6.07 Å². The molecule has 1 saturated carbocycles. The number of hydrogen-bond acceptors (Lipinski definition) is 7. The zero-order valence-electron chi connectivity index (χ0n) is 26.2. The number of carbonyl (C=O) groups excluding carboxylic acids is 2. The first kappa shape index (κ1) is 30.7. The molecule has 6 rings (SSSR count). The second kappa shape index (κ2) is 12.2. The molecule has 3 aliphatic rings. The van der Waals surface area contributed by atoms with Gasteiger partial charge in [-0.3, -0.25) is 4.90 Å². The van der Waals surface area contributed by atoms with Crippen LogP contribution in [-0.4, -0.2) is 68.6 Å². The Balaban J connectivity index is 1.26. The van der Waals surface area contributed by atoms with E-state index in [0.29, 0.717) is 19.4 Å². The van der Waals surface area contributed by atoms with Gasteiger partial charge in [0.05, 0.1) is 6.54 Å². The number of rotatable bonds is 6. The topological polar surface area (TPSA) is 122 Å². The van der Waals surface area contributed by atoms with E-state index in [0.717, 1.165) is 54.4 Å². The Morgan fingerprint density at radius 3 is 2.27 bits per heavy atom. The third-order valence-electron chi connectivity index (χ3n) is 9.39. The van der Waals surface area contributed by atoms with Gasteiger partial charge in [-0.05, 0) is 68.7 Å². The molecule has 2 aromatic carbocycles. The van der Waals surface area contributed by atoms with Crippen LogP contribution in [0.5, 0.6) is 0 Å². The van der Waals surface area contributed by atoms with Crippen molar-refractivity contribution in [3.8, 4) is 11.1 Å². The second-order valence-corrected chi connectivity index (χ2v) is 13.5. The molecule has 1 atom stereocenters. The maximum absolute atomic E-state index is 14.1. The van der Waals surface area contributed by atoms with E-state index in [9.17, 15) is 19.5 Å². The molecular weight excluding hydrogens is 574 g/mol. The van der Waals surface area contributed by atoms with E-state index in [2.05, 4.69) is 29.4 Å². The molecule has 1 spiro atoms. The number of aromatic nitrogens is 1. The van der Waals surface area contributed by atoms with Crippen molar-refractivity contribution in [2.24, 2.45) is 0 Å². The molecule has 2 fully saturated rings. The molecule has 0 bridgehead atoms. The lowest BCUT2D eigenvalue weighted by atomic mass is 9.73. The molecule has 1 unspecified atom stereocenters. The lowest BCUT2D eigenvalue weighted by Gasteiger charge is -2.53. The normalized spacial score (nSPS) is 19.1. The Morgan fingerprint density at radius 1 is 1.02 bits per heavy atom. The van der Waals surface area contributed by atoms with Gasteiger partial charge in [0.15, 0.2) is 11.5 Å². The van der Waals surface area contributed by atoms with Crippen LogP contribution in [0, 0.1) is 0 Å². The average Bonchev–Trinajstić information content (AvgIpc) is 3.61. The lowest BCUT2D eigenvalue weighted by Crippen LogP contribution is -2.62. The van der Waals surface area contributed by atoms with E-state index in [1.807, 2.05) is 49.9 Å². The minimum Gasteiger partial charge on any atom is -0.476 e. The van der Waals surface area contributed by atoms with Gasteiger partial charge in [0.1, 0.15) is 12.2 Å². The monoisotopic (exact) mass is 615 g/mol. The van der Waals surface area contributed by atoms with E-state index in [-0.39, 0.29) is 42.7 Å². The number of hydrogen-bond donors (Lipinski definition) is 1. The largest absolute Gasteiger partial charge is 0.476 e. The molecule has 10 heteroatoms. The molecule has 1 aliphatic heterocycles. The molecule has 1 N–H and O–H groups in total. The first-order chi connectivity index (χ1) is 21.5. The van der Waals surface area contributed by atoms with Crippen LogP contribution >= 0.6 is 0 Å². The summed E-state index contributed by atoms with van der Waals surface area (Å²) in [5.41, 5.74) is 3.23. The van der Waals surface area contributed by atoms with E-state index >= 15 is 0 Å². The molecular formula is C35H41N3O7. The van der Waals surface area contributed by atoms with Gasteiger partial charge in [-0.15, -0.1) is 0 Å².